The maximum absolute atomic E-state index is 11.4. The van der Waals surface area contributed by atoms with Crippen LogP contribution in [0.1, 0.15) is 27.4 Å². The van der Waals surface area contributed by atoms with Crippen molar-refractivity contribution < 1.29 is 9.90 Å². The van der Waals surface area contributed by atoms with Crippen molar-refractivity contribution in [2.24, 2.45) is 7.05 Å². The molecule has 0 aromatic carbocycles. The van der Waals surface area contributed by atoms with Gasteiger partial charge in [-0.3, -0.25) is 0 Å². The van der Waals surface area contributed by atoms with Crippen LogP contribution in [0.25, 0.3) is 0 Å². The first-order valence-corrected chi connectivity index (χ1v) is 6.29. The molecule has 0 saturated heterocycles. The summed E-state index contributed by atoms with van der Waals surface area (Å²) in [6, 6.07) is 1.78. The number of aryl methyl sites for hydroxylation is 3. The highest BCUT2D eigenvalue weighted by Crippen LogP contribution is 2.22. The summed E-state index contributed by atoms with van der Waals surface area (Å²) in [5, 5.41) is 9.38. The van der Waals surface area contributed by atoms with Gasteiger partial charge in [0.15, 0.2) is 0 Å². The Bertz CT molecular complexity index is 649. The smallest absolute Gasteiger partial charge is 0.339 e. The van der Waals surface area contributed by atoms with Crippen LogP contribution in [0.2, 0.25) is 0 Å². The van der Waals surface area contributed by atoms with Crippen LogP contribution >= 0.6 is 0 Å². The molecule has 1 N–H and O–H groups in total. The zero-order chi connectivity index (χ0) is 14.9. The Labute approximate surface area is 117 Å². The molecule has 0 unspecified atom stereocenters. The predicted octanol–water partition coefficient (Wildman–Crippen LogP) is 1.77. The second-order valence-corrected chi connectivity index (χ2v) is 4.89. The molecule has 20 heavy (non-hydrogen) atoms. The van der Waals surface area contributed by atoms with Gasteiger partial charge in [0.25, 0.3) is 0 Å². The van der Waals surface area contributed by atoms with E-state index < -0.39 is 5.97 Å². The second-order valence-electron chi connectivity index (χ2n) is 4.89. The summed E-state index contributed by atoms with van der Waals surface area (Å²) in [4.78, 5) is 21.9. The first-order valence-electron chi connectivity index (χ1n) is 6.29. The van der Waals surface area contributed by atoms with Crippen molar-refractivity contribution in [3.63, 3.8) is 0 Å². The molecular weight excluding hydrogens is 256 g/mol. The van der Waals surface area contributed by atoms with Crippen LogP contribution in [0.3, 0.4) is 0 Å². The molecule has 106 valence electrons. The number of carboxylic acid groups (broad SMARTS) is 1. The van der Waals surface area contributed by atoms with Gasteiger partial charge in [-0.15, -0.1) is 0 Å². The molecule has 0 amide bonds. The molecule has 0 bridgehead atoms. The van der Waals surface area contributed by atoms with Gasteiger partial charge in [0.1, 0.15) is 17.2 Å². The zero-order valence-corrected chi connectivity index (χ0v) is 12.1. The highest BCUT2D eigenvalue weighted by Gasteiger charge is 2.19. The fourth-order valence-electron chi connectivity index (χ4n) is 2.19. The fourth-order valence-corrected chi connectivity index (χ4v) is 2.19. The van der Waals surface area contributed by atoms with E-state index in [9.17, 15) is 9.90 Å². The third kappa shape index (κ3) is 2.64. The highest BCUT2D eigenvalue weighted by molar-refractivity contribution is 5.95. The van der Waals surface area contributed by atoms with Crippen LogP contribution < -0.4 is 4.90 Å². The SMILES string of the molecule is Cc1cc(C)c(C(=O)O)c(N(C)Cc2nccn2C)n1. The maximum atomic E-state index is 11.4. The lowest BCUT2D eigenvalue weighted by atomic mass is 10.1. The highest BCUT2D eigenvalue weighted by atomic mass is 16.4. The Morgan fingerprint density at radius 1 is 1.45 bits per heavy atom. The van der Waals surface area contributed by atoms with E-state index in [1.807, 2.05) is 36.7 Å². The molecule has 0 fully saturated rings. The van der Waals surface area contributed by atoms with Gasteiger partial charge in [-0.1, -0.05) is 0 Å². The van der Waals surface area contributed by atoms with Gasteiger partial charge in [0.05, 0.1) is 6.54 Å². The Morgan fingerprint density at radius 2 is 2.15 bits per heavy atom. The lowest BCUT2D eigenvalue weighted by Crippen LogP contribution is -2.23. The first-order chi connectivity index (χ1) is 9.40. The maximum Gasteiger partial charge on any atom is 0.339 e. The summed E-state index contributed by atoms with van der Waals surface area (Å²) in [6.07, 6.45) is 3.58. The molecule has 2 aromatic heterocycles. The van der Waals surface area contributed by atoms with Crippen molar-refractivity contribution in [1.82, 2.24) is 14.5 Å². The van der Waals surface area contributed by atoms with Crippen LogP contribution in [0.5, 0.6) is 0 Å². The Hall–Kier alpha value is -2.37. The van der Waals surface area contributed by atoms with E-state index in [1.165, 1.54) is 0 Å². The van der Waals surface area contributed by atoms with Gasteiger partial charge in [0.2, 0.25) is 0 Å². The number of imidazole rings is 1. The molecular formula is C14H18N4O2. The molecule has 0 aliphatic carbocycles. The van der Waals surface area contributed by atoms with Gasteiger partial charge >= 0.3 is 5.97 Å². The van der Waals surface area contributed by atoms with E-state index >= 15 is 0 Å². The van der Waals surface area contributed by atoms with Crippen molar-refractivity contribution in [1.29, 1.82) is 0 Å². The Morgan fingerprint density at radius 3 is 2.70 bits per heavy atom. The number of hydrogen-bond acceptors (Lipinski definition) is 4. The average molecular weight is 274 g/mol. The van der Waals surface area contributed by atoms with Gasteiger partial charge in [-0.25, -0.2) is 14.8 Å². The second kappa shape index (κ2) is 5.32. The molecule has 0 aliphatic heterocycles. The summed E-state index contributed by atoms with van der Waals surface area (Å²) in [7, 11) is 3.73. The third-order valence-electron chi connectivity index (χ3n) is 3.20. The summed E-state index contributed by atoms with van der Waals surface area (Å²) in [6.45, 7) is 4.15. The van der Waals surface area contributed by atoms with Crippen molar-refractivity contribution in [2.45, 2.75) is 20.4 Å². The van der Waals surface area contributed by atoms with E-state index in [4.69, 9.17) is 0 Å². The molecule has 0 atom stereocenters. The monoisotopic (exact) mass is 274 g/mol. The summed E-state index contributed by atoms with van der Waals surface area (Å²) >= 11 is 0. The van der Waals surface area contributed by atoms with Gasteiger partial charge < -0.3 is 14.6 Å². The number of anilines is 1. The lowest BCUT2D eigenvalue weighted by molar-refractivity contribution is 0.0696. The van der Waals surface area contributed by atoms with Crippen LogP contribution in [0.15, 0.2) is 18.5 Å². The van der Waals surface area contributed by atoms with E-state index in [2.05, 4.69) is 9.97 Å². The van der Waals surface area contributed by atoms with Gasteiger partial charge in [0, 0.05) is 32.2 Å². The molecule has 0 spiro atoms. The average Bonchev–Trinajstić information content (AvgIpc) is 2.73. The number of rotatable bonds is 4. The number of aromatic nitrogens is 3. The van der Waals surface area contributed by atoms with Crippen molar-refractivity contribution in [2.75, 3.05) is 11.9 Å². The standard InChI is InChI=1S/C14H18N4O2/c1-9-7-10(2)16-13(12(9)14(19)20)18(4)8-11-15-5-6-17(11)3/h5-7H,8H2,1-4H3,(H,19,20). The van der Waals surface area contributed by atoms with Gasteiger partial charge in [-0.2, -0.15) is 0 Å². The number of aromatic carboxylic acids is 1. The van der Waals surface area contributed by atoms with Gasteiger partial charge in [-0.05, 0) is 25.5 Å². The fraction of sp³-hybridized carbons (Fsp3) is 0.357. The summed E-state index contributed by atoms with van der Waals surface area (Å²) in [5.41, 5.74) is 1.76. The molecule has 0 radical (unpaired) electrons. The number of nitrogens with zero attached hydrogens (tertiary/aromatic N) is 4. The zero-order valence-electron chi connectivity index (χ0n) is 12.1. The minimum Gasteiger partial charge on any atom is -0.478 e. The first kappa shape index (κ1) is 14.0. The normalized spacial score (nSPS) is 10.6. The molecule has 0 aliphatic rings. The van der Waals surface area contributed by atoms with E-state index in [1.54, 1.807) is 19.2 Å². The molecule has 2 rings (SSSR count). The molecule has 0 saturated carbocycles. The number of hydrogen-bond donors (Lipinski definition) is 1. The molecule has 2 heterocycles. The van der Waals surface area contributed by atoms with Crippen molar-refractivity contribution >= 4 is 11.8 Å². The largest absolute Gasteiger partial charge is 0.478 e. The van der Waals surface area contributed by atoms with E-state index in [0.717, 1.165) is 11.5 Å². The molecule has 6 nitrogen and oxygen atoms in total. The lowest BCUT2D eigenvalue weighted by Gasteiger charge is -2.21. The van der Waals surface area contributed by atoms with Crippen molar-refractivity contribution in [3.05, 3.63) is 41.1 Å². The Balaban J connectivity index is 2.41. The minimum atomic E-state index is -0.961. The topological polar surface area (TPSA) is 71.2 Å². The molecule has 2 aromatic rings. The van der Waals surface area contributed by atoms with E-state index in [0.29, 0.717) is 17.9 Å². The van der Waals surface area contributed by atoms with Crippen LogP contribution in [-0.2, 0) is 13.6 Å². The Kier molecular flexibility index (Phi) is 3.74. The van der Waals surface area contributed by atoms with Crippen molar-refractivity contribution in [3.8, 4) is 0 Å². The third-order valence-corrected chi connectivity index (χ3v) is 3.20. The number of carboxylic acids is 1. The minimum absolute atomic E-state index is 0.243. The molecule has 6 heteroatoms. The number of carbonyl (C=O) groups is 1. The van der Waals surface area contributed by atoms with Crippen LogP contribution in [0, 0.1) is 13.8 Å². The quantitative estimate of drug-likeness (QED) is 0.920. The summed E-state index contributed by atoms with van der Waals surface area (Å²) in [5.74, 6) is 0.361. The van der Waals surface area contributed by atoms with Crippen LogP contribution in [0.4, 0.5) is 5.82 Å². The summed E-state index contributed by atoms with van der Waals surface area (Å²) < 4.78 is 1.90. The van der Waals surface area contributed by atoms with E-state index in [-0.39, 0.29) is 5.56 Å². The van der Waals surface area contributed by atoms with Crippen LogP contribution in [-0.4, -0.2) is 32.7 Å². The predicted molar refractivity (Wildman–Crippen MR) is 76.0 cm³/mol. The number of pyridine rings is 1.